The maximum absolute atomic E-state index is 12.8. The molecule has 1 aromatic carbocycles. The van der Waals surface area contributed by atoms with Crippen LogP contribution in [0.2, 0.25) is 0 Å². The summed E-state index contributed by atoms with van der Waals surface area (Å²) < 4.78 is 2.21. The topological polar surface area (TPSA) is 51.0 Å². The first kappa shape index (κ1) is 22.6. The van der Waals surface area contributed by atoms with Gasteiger partial charge in [0.1, 0.15) is 0 Å². The number of aromatic nitrogens is 3. The number of Topliss-reactive ketones (excluding diaryl/α,β-unsaturated/α-hetero) is 1. The Morgan fingerprint density at radius 1 is 1.11 bits per heavy atom. The van der Waals surface area contributed by atoms with Crippen LogP contribution in [0, 0.1) is 20.8 Å². The number of carbonyl (C=O) groups is 1. The highest BCUT2D eigenvalue weighted by molar-refractivity contribution is 7.99. The summed E-state index contributed by atoms with van der Waals surface area (Å²) in [6.07, 6.45) is 3.16. The zero-order valence-corrected chi connectivity index (χ0v) is 19.2. The summed E-state index contributed by atoms with van der Waals surface area (Å²) in [7, 11) is 4.15. The molecule has 5 nitrogen and oxygen atoms in total. The molecule has 0 bridgehead atoms. The lowest BCUT2D eigenvalue weighted by Crippen LogP contribution is -2.23. The lowest BCUT2D eigenvalue weighted by atomic mass is 9.99. The standard InChI is InChI=1S/C22H34N4OS/c1-8-10-11-26-21(19(9-2)25(6)7)23-24-22(26)28-14-20(27)18-13-16(4)15(3)12-17(18)5/h12-13,19H,8-11,14H2,1-7H3. The number of aryl methyl sites for hydroxylation is 3. The highest BCUT2D eigenvalue weighted by Crippen LogP contribution is 2.27. The number of carbonyl (C=O) groups excluding carboxylic acids is 1. The van der Waals surface area contributed by atoms with Gasteiger partial charge in [-0.15, -0.1) is 10.2 Å². The van der Waals surface area contributed by atoms with Gasteiger partial charge in [0.05, 0.1) is 11.8 Å². The summed E-state index contributed by atoms with van der Waals surface area (Å²) in [6, 6.07) is 4.34. The predicted octanol–water partition coefficient (Wildman–Crippen LogP) is 4.99. The van der Waals surface area contributed by atoms with Crippen LogP contribution in [-0.4, -0.2) is 45.3 Å². The first-order valence-corrected chi connectivity index (χ1v) is 11.1. The van der Waals surface area contributed by atoms with E-state index in [0.717, 1.165) is 53.5 Å². The van der Waals surface area contributed by atoms with E-state index < -0.39 is 0 Å². The maximum Gasteiger partial charge on any atom is 0.191 e. The van der Waals surface area contributed by atoms with E-state index in [2.05, 4.69) is 67.5 Å². The molecular formula is C22H34N4OS. The van der Waals surface area contributed by atoms with E-state index in [1.165, 1.54) is 17.3 Å². The van der Waals surface area contributed by atoms with Gasteiger partial charge in [0.25, 0.3) is 0 Å². The third-order valence-electron chi connectivity index (χ3n) is 5.26. The van der Waals surface area contributed by atoms with Gasteiger partial charge in [0.15, 0.2) is 16.8 Å². The van der Waals surface area contributed by atoms with Crippen LogP contribution in [0.25, 0.3) is 0 Å². The Morgan fingerprint density at radius 3 is 2.39 bits per heavy atom. The molecule has 0 saturated carbocycles. The monoisotopic (exact) mass is 402 g/mol. The maximum atomic E-state index is 12.8. The molecule has 0 aliphatic rings. The molecule has 0 saturated heterocycles. The van der Waals surface area contributed by atoms with Gasteiger partial charge >= 0.3 is 0 Å². The predicted molar refractivity (Wildman–Crippen MR) is 117 cm³/mol. The van der Waals surface area contributed by atoms with Gasteiger partial charge in [-0.2, -0.15) is 0 Å². The Balaban J connectivity index is 2.22. The quantitative estimate of drug-likeness (QED) is 0.414. The molecule has 2 aromatic rings. The molecule has 0 radical (unpaired) electrons. The van der Waals surface area contributed by atoms with Gasteiger partial charge in [0.2, 0.25) is 0 Å². The van der Waals surface area contributed by atoms with Crippen molar-refractivity contribution in [1.29, 1.82) is 0 Å². The van der Waals surface area contributed by atoms with Crippen molar-refractivity contribution in [3.63, 3.8) is 0 Å². The van der Waals surface area contributed by atoms with E-state index in [4.69, 9.17) is 0 Å². The van der Waals surface area contributed by atoms with Crippen LogP contribution in [-0.2, 0) is 6.54 Å². The molecule has 0 aliphatic heterocycles. The number of nitrogens with zero attached hydrogens (tertiary/aromatic N) is 4. The van der Waals surface area contributed by atoms with Crippen molar-refractivity contribution in [1.82, 2.24) is 19.7 Å². The number of thioether (sulfide) groups is 1. The zero-order valence-electron chi connectivity index (χ0n) is 18.4. The summed E-state index contributed by atoms with van der Waals surface area (Å²) in [6.45, 7) is 11.4. The van der Waals surface area contributed by atoms with Crippen LogP contribution in [0.15, 0.2) is 17.3 Å². The highest BCUT2D eigenvalue weighted by Gasteiger charge is 2.22. The minimum Gasteiger partial charge on any atom is -0.305 e. The Morgan fingerprint density at radius 2 is 1.79 bits per heavy atom. The van der Waals surface area contributed by atoms with Crippen molar-refractivity contribution < 1.29 is 4.79 Å². The van der Waals surface area contributed by atoms with E-state index >= 15 is 0 Å². The van der Waals surface area contributed by atoms with E-state index in [1.807, 2.05) is 13.0 Å². The fraction of sp³-hybridized carbons (Fsp3) is 0.591. The summed E-state index contributed by atoms with van der Waals surface area (Å²) in [4.78, 5) is 15.0. The van der Waals surface area contributed by atoms with Gasteiger partial charge in [0, 0.05) is 12.1 Å². The molecule has 1 unspecified atom stereocenters. The summed E-state index contributed by atoms with van der Waals surface area (Å²) in [5.74, 6) is 1.53. The number of benzene rings is 1. The lowest BCUT2D eigenvalue weighted by Gasteiger charge is -2.23. The molecule has 0 amide bonds. The van der Waals surface area contributed by atoms with Gasteiger partial charge in [-0.05, 0) is 70.5 Å². The summed E-state index contributed by atoms with van der Waals surface area (Å²) >= 11 is 1.50. The molecule has 0 aliphatic carbocycles. The van der Waals surface area contributed by atoms with Crippen molar-refractivity contribution >= 4 is 17.5 Å². The highest BCUT2D eigenvalue weighted by atomic mass is 32.2. The van der Waals surface area contributed by atoms with Gasteiger partial charge in [-0.25, -0.2) is 0 Å². The molecule has 1 aromatic heterocycles. The van der Waals surface area contributed by atoms with E-state index in [9.17, 15) is 4.79 Å². The Bertz CT molecular complexity index is 813. The van der Waals surface area contributed by atoms with Crippen molar-refractivity contribution in [2.24, 2.45) is 0 Å². The lowest BCUT2D eigenvalue weighted by molar-refractivity contribution is 0.102. The average molecular weight is 403 g/mol. The van der Waals surface area contributed by atoms with Crippen LogP contribution in [0.3, 0.4) is 0 Å². The number of unbranched alkanes of at least 4 members (excludes halogenated alkanes) is 1. The third kappa shape index (κ3) is 5.23. The normalized spacial score (nSPS) is 12.6. The van der Waals surface area contributed by atoms with E-state index in [-0.39, 0.29) is 11.8 Å². The second kappa shape index (κ2) is 10.2. The van der Waals surface area contributed by atoms with Crippen molar-refractivity contribution in [2.45, 2.75) is 71.6 Å². The van der Waals surface area contributed by atoms with E-state index in [1.54, 1.807) is 0 Å². The molecule has 2 rings (SSSR count). The second-order valence-corrected chi connectivity index (χ2v) is 8.64. The van der Waals surface area contributed by atoms with Gasteiger partial charge < -0.3 is 4.57 Å². The molecule has 0 N–H and O–H groups in total. The third-order valence-corrected chi connectivity index (χ3v) is 6.23. The smallest absolute Gasteiger partial charge is 0.191 e. The van der Waals surface area contributed by atoms with Crippen LogP contribution in [0.5, 0.6) is 0 Å². The van der Waals surface area contributed by atoms with Crippen LogP contribution in [0.4, 0.5) is 0 Å². The zero-order chi connectivity index (χ0) is 20.8. The van der Waals surface area contributed by atoms with Crippen molar-refractivity contribution in [3.05, 3.63) is 40.2 Å². The fourth-order valence-electron chi connectivity index (χ4n) is 3.43. The van der Waals surface area contributed by atoms with Crippen LogP contribution >= 0.6 is 11.8 Å². The Kier molecular flexibility index (Phi) is 8.25. The SMILES string of the molecule is CCCCn1c(SCC(=O)c2cc(C)c(C)cc2C)nnc1C(CC)N(C)C. The number of hydrogen-bond donors (Lipinski definition) is 0. The molecular weight excluding hydrogens is 368 g/mol. The number of ketones is 1. The first-order chi connectivity index (χ1) is 13.3. The number of rotatable bonds is 10. The summed E-state index contributed by atoms with van der Waals surface area (Å²) in [5, 5.41) is 9.78. The second-order valence-electron chi connectivity index (χ2n) is 7.70. The van der Waals surface area contributed by atoms with Gasteiger partial charge in [-0.1, -0.05) is 38.1 Å². The number of hydrogen-bond acceptors (Lipinski definition) is 5. The molecule has 1 atom stereocenters. The minimum absolute atomic E-state index is 0.150. The molecule has 28 heavy (non-hydrogen) atoms. The Hall–Kier alpha value is -1.66. The van der Waals surface area contributed by atoms with Crippen LogP contribution in [0.1, 0.15) is 72.0 Å². The van der Waals surface area contributed by atoms with Crippen molar-refractivity contribution in [2.75, 3.05) is 19.8 Å². The average Bonchev–Trinajstić information content (AvgIpc) is 3.03. The van der Waals surface area contributed by atoms with Crippen LogP contribution < -0.4 is 0 Å². The molecule has 6 heteroatoms. The molecule has 1 heterocycles. The van der Waals surface area contributed by atoms with Crippen molar-refractivity contribution in [3.8, 4) is 0 Å². The van der Waals surface area contributed by atoms with E-state index in [0.29, 0.717) is 5.75 Å². The molecule has 154 valence electrons. The molecule has 0 fully saturated rings. The molecule has 0 spiro atoms. The summed E-state index contributed by atoms with van der Waals surface area (Å²) in [5.41, 5.74) is 4.24. The fourth-order valence-corrected chi connectivity index (χ4v) is 4.28. The first-order valence-electron chi connectivity index (χ1n) is 10.1. The largest absolute Gasteiger partial charge is 0.305 e. The minimum atomic E-state index is 0.150. The van der Waals surface area contributed by atoms with Gasteiger partial charge in [-0.3, -0.25) is 9.69 Å². The Labute approximate surface area is 173 Å².